The summed E-state index contributed by atoms with van der Waals surface area (Å²) in [4.78, 5) is 13.1. The highest BCUT2D eigenvalue weighted by atomic mass is 16.4. The first-order valence-electron chi connectivity index (χ1n) is 8.16. The molecule has 2 aromatic carbocycles. The lowest BCUT2D eigenvalue weighted by molar-refractivity contribution is -0.137. The van der Waals surface area contributed by atoms with Crippen molar-refractivity contribution in [2.75, 3.05) is 6.54 Å². The number of unbranched alkanes of at least 4 members (excludes halogenated alkanes) is 1. The highest BCUT2D eigenvalue weighted by molar-refractivity contribution is 5.82. The van der Waals surface area contributed by atoms with Crippen molar-refractivity contribution in [3.8, 4) is 0 Å². The van der Waals surface area contributed by atoms with Gasteiger partial charge in [-0.2, -0.15) is 0 Å². The number of nitrogens with zero attached hydrogens (tertiary/aromatic N) is 1. The number of carboxylic acids is 1. The van der Waals surface area contributed by atoms with E-state index in [0.717, 1.165) is 25.9 Å². The smallest absolute Gasteiger partial charge is 0.303 e. The molecule has 0 spiro atoms. The summed E-state index contributed by atoms with van der Waals surface area (Å²) in [5.74, 6) is -0.687. The number of carbonyl (C=O) groups is 1. The molecule has 2 aromatic rings. The summed E-state index contributed by atoms with van der Waals surface area (Å²) in [5.41, 5.74) is 1.35. The SMILES string of the molecule is O=C(O)CCCCN(Cc1ccc2ccccc2c1)C1CC1. The molecule has 0 radical (unpaired) electrons. The van der Waals surface area contributed by atoms with Crippen molar-refractivity contribution in [3.05, 3.63) is 48.0 Å². The Morgan fingerprint density at radius 2 is 1.86 bits per heavy atom. The zero-order chi connectivity index (χ0) is 15.4. The van der Waals surface area contributed by atoms with Gasteiger partial charge in [-0.05, 0) is 54.6 Å². The van der Waals surface area contributed by atoms with Crippen LogP contribution in [-0.2, 0) is 11.3 Å². The van der Waals surface area contributed by atoms with Gasteiger partial charge >= 0.3 is 5.97 Å². The summed E-state index contributed by atoms with van der Waals surface area (Å²) >= 11 is 0. The van der Waals surface area contributed by atoms with E-state index in [4.69, 9.17) is 5.11 Å². The Morgan fingerprint density at radius 1 is 1.09 bits per heavy atom. The highest BCUT2D eigenvalue weighted by Gasteiger charge is 2.28. The van der Waals surface area contributed by atoms with Crippen LogP contribution < -0.4 is 0 Å². The van der Waals surface area contributed by atoms with E-state index in [0.29, 0.717) is 6.04 Å². The van der Waals surface area contributed by atoms with Gasteiger partial charge in [0.15, 0.2) is 0 Å². The third-order valence-electron chi connectivity index (χ3n) is 4.35. The quantitative estimate of drug-likeness (QED) is 0.747. The van der Waals surface area contributed by atoms with Crippen molar-refractivity contribution in [2.45, 2.75) is 44.7 Å². The second kappa shape index (κ2) is 6.93. The molecule has 3 nitrogen and oxygen atoms in total. The number of hydrogen-bond donors (Lipinski definition) is 1. The number of hydrogen-bond acceptors (Lipinski definition) is 2. The third-order valence-corrected chi connectivity index (χ3v) is 4.35. The van der Waals surface area contributed by atoms with E-state index < -0.39 is 5.97 Å². The lowest BCUT2D eigenvalue weighted by Crippen LogP contribution is -2.26. The van der Waals surface area contributed by atoms with E-state index in [9.17, 15) is 4.79 Å². The van der Waals surface area contributed by atoms with E-state index in [1.165, 1.54) is 29.2 Å². The van der Waals surface area contributed by atoms with Gasteiger partial charge in [0.25, 0.3) is 0 Å². The molecule has 0 aliphatic heterocycles. The Kier molecular flexibility index (Phi) is 4.74. The van der Waals surface area contributed by atoms with Gasteiger partial charge in [-0.1, -0.05) is 36.4 Å². The molecule has 1 saturated carbocycles. The Balaban J connectivity index is 1.61. The predicted molar refractivity (Wildman–Crippen MR) is 88.9 cm³/mol. The summed E-state index contributed by atoms with van der Waals surface area (Å²) < 4.78 is 0. The molecule has 3 heteroatoms. The standard InChI is InChI=1S/C19H23NO2/c21-19(22)7-3-4-12-20(18-10-11-18)14-15-8-9-16-5-1-2-6-17(16)13-15/h1-2,5-6,8-9,13,18H,3-4,7,10-12,14H2,(H,21,22). The van der Waals surface area contributed by atoms with Gasteiger partial charge in [-0.3, -0.25) is 9.69 Å². The number of rotatable bonds is 8. The van der Waals surface area contributed by atoms with Crippen molar-refractivity contribution in [2.24, 2.45) is 0 Å². The molecular weight excluding hydrogens is 274 g/mol. The molecule has 0 saturated heterocycles. The minimum absolute atomic E-state index is 0.286. The third kappa shape index (κ3) is 4.08. The minimum Gasteiger partial charge on any atom is -0.481 e. The van der Waals surface area contributed by atoms with Gasteiger partial charge < -0.3 is 5.11 Å². The van der Waals surface area contributed by atoms with Crippen LogP contribution in [0.5, 0.6) is 0 Å². The van der Waals surface area contributed by atoms with Gasteiger partial charge in [-0.25, -0.2) is 0 Å². The van der Waals surface area contributed by atoms with Crippen molar-refractivity contribution in [1.82, 2.24) is 4.90 Å². The lowest BCUT2D eigenvalue weighted by atomic mass is 10.1. The summed E-state index contributed by atoms with van der Waals surface area (Å²) in [6.45, 7) is 1.98. The lowest BCUT2D eigenvalue weighted by Gasteiger charge is -2.22. The molecule has 3 rings (SSSR count). The molecule has 22 heavy (non-hydrogen) atoms. The van der Waals surface area contributed by atoms with Crippen LogP contribution in [0.2, 0.25) is 0 Å². The molecule has 1 N–H and O–H groups in total. The zero-order valence-corrected chi connectivity index (χ0v) is 12.9. The maximum Gasteiger partial charge on any atom is 0.303 e. The van der Waals surface area contributed by atoms with E-state index in [1.54, 1.807) is 0 Å². The summed E-state index contributed by atoms with van der Waals surface area (Å²) in [6, 6.07) is 15.8. The number of aliphatic carboxylic acids is 1. The van der Waals surface area contributed by atoms with Crippen molar-refractivity contribution >= 4 is 16.7 Å². The summed E-state index contributed by atoms with van der Waals surface area (Å²) in [5, 5.41) is 11.3. The van der Waals surface area contributed by atoms with Gasteiger partial charge in [0.2, 0.25) is 0 Å². The second-order valence-electron chi connectivity index (χ2n) is 6.23. The molecule has 0 aromatic heterocycles. The van der Waals surface area contributed by atoms with Crippen LogP contribution in [0.1, 0.15) is 37.7 Å². The highest BCUT2D eigenvalue weighted by Crippen LogP contribution is 2.29. The fourth-order valence-electron chi connectivity index (χ4n) is 2.99. The number of carboxylic acid groups (broad SMARTS) is 1. The molecule has 0 heterocycles. The van der Waals surface area contributed by atoms with E-state index in [1.807, 2.05) is 0 Å². The van der Waals surface area contributed by atoms with Gasteiger partial charge in [0.05, 0.1) is 0 Å². The van der Waals surface area contributed by atoms with Crippen LogP contribution in [0.15, 0.2) is 42.5 Å². The van der Waals surface area contributed by atoms with Crippen LogP contribution in [0, 0.1) is 0 Å². The first-order valence-corrected chi connectivity index (χ1v) is 8.16. The molecule has 0 bridgehead atoms. The van der Waals surface area contributed by atoms with Crippen LogP contribution in [0.25, 0.3) is 10.8 Å². The summed E-state index contributed by atoms with van der Waals surface area (Å²) in [6.07, 6.45) is 4.60. The van der Waals surface area contributed by atoms with Crippen LogP contribution >= 0.6 is 0 Å². The maximum atomic E-state index is 10.6. The van der Waals surface area contributed by atoms with Gasteiger partial charge in [0.1, 0.15) is 0 Å². The number of benzene rings is 2. The van der Waals surface area contributed by atoms with Crippen LogP contribution in [0.4, 0.5) is 0 Å². The normalized spacial score (nSPS) is 14.6. The van der Waals surface area contributed by atoms with Gasteiger partial charge in [-0.15, -0.1) is 0 Å². The molecular formula is C19H23NO2. The molecule has 0 atom stereocenters. The average Bonchev–Trinajstić information content (AvgIpc) is 3.35. The van der Waals surface area contributed by atoms with Crippen molar-refractivity contribution in [1.29, 1.82) is 0 Å². The first kappa shape index (κ1) is 15.0. The monoisotopic (exact) mass is 297 g/mol. The van der Waals surface area contributed by atoms with E-state index >= 15 is 0 Å². The molecule has 116 valence electrons. The molecule has 1 aliphatic rings. The van der Waals surface area contributed by atoms with Crippen molar-refractivity contribution < 1.29 is 9.90 Å². The Hall–Kier alpha value is -1.87. The Morgan fingerprint density at radius 3 is 2.59 bits per heavy atom. The fourth-order valence-corrected chi connectivity index (χ4v) is 2.99. The van der Waals surface area contributed by atoms with E-state index in [-0.39, 0.29) is 6.42 Å². The van der Waals surface area contributed by atoms with Gasteiger partial charge in [0, 0.05) is 19.0 Å². The second-order valence-corrected chi connectivity index (χ2v) is 6.23. The molecule has 1 fully saturated rings. The predicted octanol–water partition coefficient (Wildman–Crippen LogP) is 4.06. The topological polar surface area (TPSA) is 40.5 Å². The minimum atomic E-state index is -0.687. The largest absolute Gasteiger partial charge is 0.481 e. The van der Waals surface area contributed by atoms with E-state index in [2.05, 4.69) is 47.4 Å². The number of fused-ring (bicyclic) bond motifs is 1. The molecule has 0 amide bonds. The Bertz CT molecular complexity index is 649. The molecule has 1 aliphatic carbocycles. The van der Waals surface area contributed by atoms with Crippen molar-refractivity contribution in [3.63, 3.8) is 0 Å². The Labute approximate surface area is 131 Å². The molecule has 0 unspecified atom stereocenters. The van der Waals surface area contributed by atoms with Crippen LogP contribution in [-0.4, -0.2) is 28.6 Å². The average molecular weight is 297 g/mol. The zero-order valence-electron chi connectivity index (χ0n) is 12.9. The fraction of sp³-hybridized carbons (Fsp3) is 0.421. The maximum absolute atomic E-state index is 10.6. The summed E-state index contributed by atoms with van der Waals surface area (Å²) in [7, 11) is 0. The first-order chi connectivity index (χ1) is 10.7. The van der Waals surface area contributed by atoms with Crippen LogP contribution in [0.3, 0.4) is 0 Å².